The van der Waals surface area contributed by atoms with Gasteiger partial charge in [0, 0.05) is 39.6 Å². The largest absolute Gasteiger partial charge is 0.490 e. The Hall–Kier alpha value is -2.18. The van der Waals surface area contributed by atoms with Gasteiger partial charge >= 0.3 is 0 Å². The lowest BCUT2D eigenvalue weighted by Gasteiger charge is -2.12. The summed E-state index contributed by atoms with van der Waals surface area (Å²) in [6, 6.07) is 9.26. The fourth-order valence-corrected chi connectivity index (χ4v) is 3.80. The number of nitrogens with one attached hydrogen (secondary N) is 2. The van der Waals surface area contributed by atoms with E-state index in [-0.39, 0.29) is 5.91 Å². The van der Waals surface area contributed by atoms with Crippen LogP contribution in [0.4, 0.5) is 0 Å². The summed E-state index contributed by atoms with van der Waals surface area (Å²) in [5, 5.41) is 4.74. The third kappa shape index (κ3) is 3.92. The minimum atomic E-state index is -0.157. The average molecular weight is 450 g/mol. The summed E-state index contributed by atoms with van der Waals surface area (Å²) in [6.45, 7) is 1.71. The molecule has 140 valence electrons. The predicted octanol–water partition coefficient (Wildman–Crippen LogP) is 4.72. The quantitative estimate of drug-likeness (QED) is 0.606. The van der Waals surface area contributed by atoms with Gasteiger partial charge in [-0.25, -0.2) is 0 Å². The number of hydrogen-bond acceptors (Lipinski definition) is 3. The molecule has 0 aliphatic carbocycles. The summed E-state index contributed by atoms with van der Waals surface area (Å²) in [6.07, 6.45) is 3.48. The number of H-pyrrole nitrogens is 1. The van der Waals surface area contributed by atoms with Crippen molar-refractivity contribution >= 4 is 44.3 Å². The zero-order chi connectivity index (χ0) is 18.8. The van der Waals surface area contributed by atoms with Crippen LogP contribution in [0.2, 0.25) is 5.02 Å². The molecule has 1 aliphatic rings. The Morgan fingerprint density at radius 1 is 1.19 bits per heavy atom. The molecule has 1 aromatic heterocycles. The van der Waals surface area contributed by atoms with E-state index < -0.39 is 0 Å². The lowest BCUT2D eigenvalue weighted by molar-refractivity contribution is 0.0953. The summed E-state index contributed by atoms with van der Waals surface area (Å²) in [4.78, 5) is 15.8. The third-order valence-electron chi connectivity index (χ3n) is 4.49. The Bertz CT molecular complexity index is 1000. The predicted molar refractivity (Wildman–Crippen MR) is 109 cm³/mol. The van der Waals surface area contributed by atoms with Gasteiger partial charge in [0.25, 0.3) is 5.91 Å². The second-order valence-corrected chi connectivity index (χ2v) is 7.63. The van der Waals surface area contributed by atoms with Gasteiger partial charge in [-0.2, -0.15) is 0 Å². The van der Waals surface area contributed by atoms with Crippen LogP contribution in [0.3, 0.4) is 0 Å². The van der Waals surface area contributed by atoms with E-state index in [0.29, 0.717) is 52.7 Å². The Labute approximate surface area is 170 Å². The van der Waals surface area contributed by atoms with Crippen LogP contribution in [0.1, 0.15) is 22.3 Å². The molecular formula is C20H18BrClN2O3. The van der Waals surface area contributed by atoms with E-state index >= 15 is 0 Å². The van der Waals surface area contributed by atoms with Crippen molar-refractivity contribution in [1.82, 2.24) is 10.3 Å². The second kappa shape index (κ2) is 7.82. The zero-order valence-electron chi connectivity index (χ0n) is 14.5. The molecule has 1 aliphatic heterocycles. The van der Waals surface area contributed by atoms with E-state index in [2.05, 4.69) is 26.2 Å². The molecule has 27 heavy (non-hydrogen) atoms. The molecule has 0 saturated heterocycles. The molecule has 5 nitrogen and oxygen atoms in total. The van der Waals surface area contributed by atoms with Crippen molar-refractivity contribution in [2.45, 2.75) is 12.8 Å². The number of aromatic amines is 1. The Morgan fingerprint density at radius 3 is 2.78 bits per heavy atom. The van der Waals surface area contributed by atoms with Crippen LogP contribution in [0, 0.1) is 0 Å². The van der Waals surface area contributed by atoms with Crippen molar-refractivity contribution in [3.8, 4) is 11.5 Å². The topological polar surface area (TPSA) is 63.4 Å². The molecule has 7 heteroatoms. The molecule has 0 unspecified atom stereocenters. The summed E-state index contributed by atoms with van der Waals surface area (Å²) < 4.78 is 12.0. The van der Waals surface area contributed by atoms with Crippen LogP contribution < -0.4 is 14.8 Å². The minimum Gasteiger partial charge on any atom is -0.490 e. The van der Waals surface area contributed by atoms with Crippen molar-refractivity contribution in [1.29, 1.82) is 0 Å². The smallest absolute Gasteiger partial charge is 0.252 e. The molecule has 0 radical (unpaired) electrons. The number of rotatable bonds is 4. The van der Waals surface area contributed by atoms with Gasteiger partial charge in [0.2, 0.25) is 0 Å². The highest BCUT2D eigenvalue weighted by atomic mass is 79.9. The number of amides is 1. The van der Waals surface area contributed by atoms with Crippen LogP contribution in [-0.4, -0.2) is 30.6 Å². The Morgan fingerprint density at radius 2 is 1.96 bits per heavy atom. The van der Waals surface area contributed by atoms with E-state index in [0.717, 1.165) is 22.9 Å². The number of carbonyl (C=O) groups excluding carboxylic acids is 1. The highest BCUT2D eigenvalue weighted by molar-refractivity contribution is 9.10. The molecule has 0 bridgehead atoms. The van der Waals surface area contributed by atoms with Crippen molar-refractivity contribution in [3.05, 3.63) is 57.2 Å². The first-order valence-corrected chi connectivity index (χ1v) is 9.92. The van der Waals surface area contributed by atoms with Crippen LogP contribution >= 0.6 is 27.5 Å². The lowest BCUT2D eigenvalue weighted by atomic mass is 10.1. The number of carbonyl (C=O) groups is 1. The molecule has 3 aromatic rings. The van der Waals surface area contributed by atoms with Crippen molar-refractivity contribution in [2.75, 3.05) is 19.8 Å². The normalized spacial score (nSPS) is 13.4. The highest BCUT2D eigenvalue weighted by Crippen LogP contribution is 2.35. The lowest BCUT2D eigenvalue weighted by Crippen LogP contribution is -2.26. The molecule has 0 spiro atoms. The molecule has 4 rings (SSSR count). The monoisotopic (exact) mass is 448 g/mol. The maximum Gasteiger partial charge on any atom is 0.252 e. The Balaban J connectivity index is 1.45. The minimum absolute atomic E-state index is 0.157. The molecule has 0 fully saturated rings. The SMILES string of the molecule is O=C(NCCc1c[nH]c2ccc(Cl)cc12)c1cc2c(cc1Br)OCCCO2. The maximum absolute atomic E-state index is 12.6. The number of halogens is 2. The van der Waals surface area contributed by atoms with E-state index in [4.69, 9.17) is 21.1 Å². The van der Waals surface area contributed by atoms with Gasteiger partial charge in [-0.1, -0.05) is 11.6 Å². The van der Waals surface area contributed by atoms with Crippen molar-refractivity contribution in [3.63, 3.8) is 0 Å². The van der Waals surface area contributed by atoms with Gasteiger partial charge in [0.05, 0.1) is 18.8 Å². The molecule has 1 amide bonds. The number of benzene rings is 2. The van der Waals surface area contributed by atoms with Gasteiger partial charge < -0.3 is 19.8 Å². The van der Waals surface area contributed by atoms with Gasteiger partial charge in [0.15, 0.2) is 11.5 Å². The molecule has 2 aromatic carbocycles. The standard InChI is InChI=1S/C20H18BrClN2O3/c21-16-10-19-18(26-6-1-7-27-19)9-15(16)20(25)23-5-4-12-11-24-17-3-2-13(22)8-14(12)17/h2-3,8-11,24H,1,4-7H2,(H,23,25). The average Bonchev–Trinajstić information content (AvgIpc) is 2.90. The highest BCUT2D eigenvalue weighted by Gasteiger charge is 2.18. The first kappa shape index (κ1) is 18.2. The Kier molecular flexibility index (Phi) is 5.27. The summed E-state index contributed by atoms with van der Waals surface area (Å²) >= 11 is 9.54. The van der Waals surface area contributed by atoms with Crippen LogP contribution in [0.5, 0.6) is 11.5 Å². The van der Waals surface area contributed by atoms with E-state index in [1.54, 1.807) is 12.1 Å². The number of aromatic nitrogens is 1. The van der Waals surface area contributed by atoms with Crippen LogP contribution in [0.15, 0.2) is 41.0 Å². The summed E-state index contributed by atoms with van der Waals surface area (Å²) in [7, 11) is 0. The van der Waals surface area contributed by atoms with Crippen LogP contribution in [-0.2, 0) is 6.42 Å². The van der Waals surface area contributed by atoms with E-state index in [9.17, 15) is 4.79 Å². The zero-order valence-corrected chi connectivity index (χ0v) is 16.8. The van der Waals surface area contributed by atoms with Gasteiger partial charge in [0.1, 0.15) is 0 Å². The molecule has 2 heterocycles. The van der Waals surface area contributed by atoms with E-state index in [1.165, 1.54) is 0 Å². The van der Waals surface area contributed by atoms with Gasteiger partial charge in [-0.05, 0) is 58.2 Å². The van der Waals surface area contributed by atoms with Crippen molar-refractivity contribution in [2.24, 2.45) is 0 Å². The molecule has 0 atom stereocenters. The maximum atomic E-state index is 12.6. The number of hydrogen-bond donors (Lipinski definition) is 2. The summed E-state index contributed by atoms with van der Waals surface area (Å²) in [5.74, 6) is 1.11. The molecule has 2 N–H and O–H groups in total. The summed E-state index contributed by atoms with van der Waals surface area (Å²) in [5.41, 5.74) is 2.68. The number of fused-ring (bicyclic) bond motifs is 2. The molecule has 0 saturated carbocycles. The van der Waals surface area contributed by atoms with Crippen molar-refractivity contribution < 1.29 is 14.3 Å². The third-order valence-corrected chi connectivity index (χ3v) is 5.38. The molecular weight excluding hydrogens is 432 g/mol. The fraction of sp³-hybridized carbons (Fsp3) is 0.250. The first-order chi connectivity index (χ1) is 13.1. The number of ether oxygens (including phenoxy) is 2. The fourth-order valence-electron chi connectivity index (χ4n) is 3.12. The second-order valence-electron chi connectivity index (χ2n) is 6.34. The first-order valence-electron chi connectivity index (χ1n) is 8.74. The van der Waals surface area contributed by atoms with Gasteiger partial charge in [-0.3, -0.25) is 4.79 Å². The van der Waals surface area contributed by atoms with E-state index in [1.807, 2.05) is 24.4 Å². The van der Waals surface area contributed by atoms with Gasteiger partial charge in [-0.15, -0.1) is 0 Å². The van der Waals surface area contributed by atoms with Crippen LogP contribution in [0.25, 0.3) is 10.9 Å².